The zero-order chi connectivity index (χ0) is 14.4. The van der Waals surface area contributed by atoms with Crippen molar-refractivity contribution in [2.24, 2.45) is 5.84 Å². The van der Waals surface area contributed by atoms with Crippen molar-refractivity contribution in [1.29, 1.82) is 0 Å². The summed E-state index contributed by atoms with van der Waals surface area (Å²) in [5.74, 6) is 5.70. The third-order valence-corrected chi connectivity index (χ3v) is 4.41. The molecule has 20 heavy (non-hydrogen) atoms. The molecule has 104 valence electrons. The Balaban J connectivity index is 2.10. The average Bonchev–Trinajstić information content (AvgIpc) is 2.47. The second-order valence-corrected chi connectivity index (χ2v) is 5.66. The predicted octanol–water partition coefficient (Wildman–Crippen LogP) is 3.16. The number of benzene rings is 2. The first-order valence-corrected chi connectivity index (χ1v) is 7.50. The minimum absolute atomic E-state index is 0.194. The summed E-state index contributed by atoms with van der Waals surface area (Å²) in [7, 11) is 0. The lowest BCUT2D eigenvalue weighted by atomic mass is 10.1. The zero-order valence-corrected chi connectivity index (χ0v) is 12.4. The molecule has 5 heteroatoms. The fraction of sp³-hybridized carbons (Fsp3) is 0.133. The van der Waals surface area contributed by atoms with Crippen LogP contribution >= 0.6 is 23.4 Å². The molecule has 2 aromatic carbocycles. The van der Waals surface area contributed by atoms with Gasteiger partial charge in [-0.25, -0.2) is 5.84 Å². The maximum Gasteiger partial charge on any atom is 0.238 e. The number of rotatable bonds is 5. The highest BCUT2D eigenvalue weighted by Gasteiger charge is 2.08. The number of carbonyl (C=O) groups excluding carboxylic acids is 1. The van der Waals surface area contributed by atoms with Crippen molar-refractivity contribution in [2.75, 3.05) is 0 Å². The smallest absolute Gasteiger partial charge is 0.238 e. The molecule has 0 bridgehead atoms. The van der Waals surface area contributed by atoms with Crippen LogP contribution in [0.5, 0.6) is 0 Å². The van der Waals surface area contributed by atoms with Crippen LogP contribution in [0.1, 0.15) is 11.1 Å². The molecule has 1 amide bonds. The standard InChI is InChI=1S/C15H15ClN2OS/c16-13-7-3-4-8-14(13)20-10-12-6-2-1-5-11(12)9-15(19)18-17/h1-8H,9-10,17H2,(H,18,19). The lowest BCUT2D eigenvalue weighted by Gasteiger charge is -2.09. The Kier molecular flexibility index (Phi) is 5.47. The van der Waals surface area contributed by atoms with E-state index < -0.39 is 0 Å². The molecule has 0 saturated heterocycles. The van der Waals surface area contributed by atoms with Crippen LogP contribution in [-0.4, -0.2) is 5.91 Å². The third kappa shape index (κ3) is 4.00. The van der Waals surface area contributed by atoms with Gasteiger partial charge < -0.3 is 0 Å². The second-order valence-electron chi connectivity index (χ2n) is 4.23. The maximum atomic E-state index is 11.4. The van der Waals surface area contributed by atoms with Crippen molar-refractivity contribution in [2.45, 2.75) is 17.1 Å². The van der Waals surface area contributed by atoms with Gasteiger partial charge in [0.2, 0.25) is 5.91 Å². The molecule has 0 unspecified atom stereocenters. The molecule has 0 aromatic heterocycles. The highest BCUT2D eigenvalue weighted by Crippen LogP contribution is 2.30. The number of amides is 1. The molecule has 2 aromatic rings. The summed E-state index contributed by atoms with van der Waals surface area (Å²) < 4.78 is 0. The minimum atomic E-state index is -0.194. The van der Waals surface area contributed by atoms with Crippen LogP contribution in [0.25, 0.3) is 0 Å². The Labute approximate surface area is 127 Å². The van der Waals surface area contributed by atoms with E-state index in [2.05, 4.69) is 5.43 Å². The first-order chi connectivity index (χ1) is 9.70. The predicted molar refractivity (Wildman–Crippen MR) is 83.5 cm³/mol. The number of hydrazine groups is 1. The fourth-order valence-electron chi connectivity index (χ4n) is 1.81. The van der Waals surface area contributed by atoms with E-state index >= 15 is 0 Å². The van der Waals surface area contributed by atoms with E-state index in [4.69, 9.17) is 17.4 Å². The van der Waals surface area contributed by atoms with Crippen LogP contribution in [-0.2, 0) is 17.0 Å². The summed E-state index contributed by atoms with van der Waals surface area (Å²) in [6.45, 7) is 0. The van der Waals surface area contributed by atoms with E-state index in [0.717, 1.165) is 26.8 Å². The van der Waals surface area contributed by atoms with E-state index in [1.54, 1.807) is 11.8 Å². The monoisotopic (exact) mass is 306 g/mol. The second kappa shape index (κ2) is 7.33. The normalized spacial score (nSPS) is 10.3. The van der Waals surface area contributed by atoms with Crippen LogP contribution in [0.3, 0.4) is 0 Å². The van der Waals surface area contributed by atoms with Crippen LogP contribution in [0.15, 0.2) is 53.4 Å². The van der Waals surface area contributed by atoms with Gasteiger partial charge >= 0.3 is 0 Å². The van der Waals surface area contributed by atoms with Crippen LogP contribution in [0.4, 0.5) is 0 Å². The number of hydrogen-bond acceptors (Lipinski definition) is 3. The van der Waals surface area contributed by atoms with Crippen LogP contribution < -0.4 is 11.3 Å². The summed E-state index contributed by atoms with van der Waals surface area (Å²) in [4.78, 5) is 12.4. The molecule has 0 aliphatic carbocycles. The highest BCUT2D eigenvalue weighted by molar-refractivity contribution is 7.98. The number of hydrogen-bond donors (Lipinski definition) is 2. The van der Waals surface area contributed by atoms with E-state index in [1.807, 2.05) is 48.5 Å². The van der Waals surface area contributed by atoms with E-state index in [-0.39, 0.29) is 12.3 Å². The van der Waals surface area contributed by atoms with Crippen molar-refractivity contribution in [3.63, 3.8) is 0 Å². The van der Waals surface area contributed by atoms with Crippen molar-refractivity contribution in [1.82, 2.24) is 5.43 Å². The molecule has 0 spiro atoms. The number of carbonyl (C=O) groups is 1. The van der Waals surface area contributed by atoms with Gasteiger partial charge in [0.25, 0.3) is 0 Å². The van der Waals surface area contributed by atoms with Crippen molar-refractivity contribution >= 4 is 29.3 Å². The number of thioether (sulfide) groups is 1. The number of halogens is 1. The average molecular weight is 307 g/mol. The molecule has 0 radical (unpaired) electrons. The van der Waals surface area contributed by atoms with Crippen molar-refractivity contribution < 1.29 is 4.79 Å². The Morgan fingerprint density at radius 2 is 1.75 bits per heavy atom. The summed E-state index contributed by atoms with van der Waals surface area (Å²) in [5, 5.41) is 0.745. The molecule has 0 heterocycles. The first kappa shape index (κ1) is 14.9. The highest BCUT2D eigenvalue weighted by atomic mass is 35.5. The first-order valence-electron chi connectivity index (χ1n) is 6.14. The molecule has 0 aliphatic heterocycles. The van der Waals surface area contributed by atoms with E-state index in [1.165, 1.54) is 0 Å². The molecular weight excluding hydrogens is 292 g/mol. The summed E-state index contributed by atoms with van der Waals surface area (Å²) in [5.41, 5.74) is 4.25. The Morgan fingerprint density at radius 3 is 2.45 bits per heavy atom. The van der Waals surface area contributed by atoms with Crippen LogP contribution in [0, 0.1) is 0 Å². The molecule has 0 aliphatic rings. The van der Waals surface area contributed by atoms with Gasteiger partial charge in [-0.05, 0) is 23.3 Å². The molecule has 2 rings (SSSR count). The summed E-state index contributed by atoms with van der Waals surface area (Å²) in [6, 6.07) is 15.6. The summed E-state index contributed by atoms with van der Waals surface area (Å²) in [6.07, 6.45) is 0.287. The molecule has 0 saturated carbocycles. The Hall–Kier alpha value is -1.49. The van der Waals surface area contributed by atoms with Crippen molar-refractivity contribution in [3.05, 3.63) is 64.7 Å². The molecule has 0 fully saturated rings. The fourth-order valence-corrected chi connectivity index (χ4v) is 3.08. The maximum absolute atomic E-state index is 11.4. The lowest BCUT2D eigenvalue weighted by molar-refractivity contribution is -0.120. The summed E-state index contributed by atoms with van der Waals surface area (Å²) >= 11 is 7.79. The van der Waals surface area contributed by atoms with E-state index in [9.17, 15) is 4.79 Å². The lowest BCUT2D eigenvalue weighted by Crippen LogP contribution is -2.31. The minimum Gasteiger partial charge on any atom is -0.294 e. The molecule has 3 nitrogen and oxygen atoms in total. The molecule has 3 N–H and O–H groups in total. The molecular formula is C15H15ClN2OS. The van der Waals surface area contributed by atoms with Gasteiger partial charge in [-0.2, -0.15) is 0 Å². The van der Waals surface area contributed by atoms with Gasteiger partial charge in [-0.1, -0.05) is 48.0 Å². The van der Waals surface area contributed by atoms with Gasteiger partial charge in [-0.15, -0.1) is 11.8 Å². The van der Waals surface area contributed by atoms with Gasteiger partial charge in [0.1, 0.15) is 0 Å². The Bertz CT molecular complexity index is 604. The van der Waals surface area contributed by atoms with Gasteiger partial charge in [0.05, 0.1) is 11.4 Å². The number of nitrogens with one attached hydrogen (secondary N) is 1. The van der Waals surface area contributed by atoms with Gasteiger partial charge in [0, 0.05) is 10.6 Å². The quantitative estimate of drug-likeness (QED) is 0.386. The van der Waals surface area contributed by atoms with Crippen LogP contribution in [0.2, 0.25) is 5.02 Å². The SMILES string of the molecule is NNC(=O)Cc1ccccc1CSc1ccccc1Cl. The zero-order valence-electron chi connectivity index (χ0n) is 10.8. The van der Waals surface area contributed by atoms with Gasteiger partial charge in [-0.3, -0.25) is 10.2 Å². The van der Waals surface area contributed by atoms with Crippen molar-refractivity contribution in [3.8, 4) is 0 Å². The van der Waals surface area contributed by atoms with Gasteiger partial charge in [0.15, 0.2) is 0 Å². The topological polar surface area (TPSA) is 55.1 Å². The van der Waals surface area contributed by atoms with E-state index in [0.29, 0.717) is 0 Å². The third-order valence-electron chi connectivity index (χ3n) is 2.85. The molecule has 0 atom stereocenters. The Morgan fingerprint density at radius 1 is 1.10 bits per heavy atom. The largest absolute Gasteiger partial charge is 0.294 e. The number of nitrogens with two attached hydrogens (primary N) is 1.